The third-order valence-corrected chi connectivity index (χ3v) is 7.16. The molecule has 140 valence electrons. The van der Waals surface area contributed by atoms with Crippen LogP contribution in [0.25, 0.3) is 10.2 Å². The molecule has 0 spiro atoms. The standard InChI is InChI=1S/C16H21N5O2S3/c1-3-6-17-15(24)19-16-18-13-5-4-12(11-14(13)25-16)26(22,23)21-9-7-20(2)8-10-21/h3-5,11H,1,6-10H2,2H3,(H2,17,18,19,24). The number of aromatic nitrogens is 1. The molecule has 0 amide bonds. The Morgan fingerprint density at radius 1 is 1.38 bits per heavy atom. The molecule has 0 saturated carbocycles. The molecule has 0 bridgehead atoms. The SMILES string of the molecule is C=CCNC(=S)Nc1nc2ccc(S(=O)(=O)N3CCN(C)CC3)cc2s1. The van der Waals surface area contributed by atoms with Crippen molar-refractivity contribution in [1.82, 2.24) is 19.5 Å². The monoisotopic (exact) mass is 411 g/mol. The summed E-state index contributed by atoms with van der Waals surface area (Å²) in [5.41, 5.74) is 0.737. The molecule has 26 heavy (non-hydrogen) atoms. The summed E-state index contributed by atoms with van der Waals surface area (Å²) in [6.45, 7) is 6.68. The van der Waals surface area contributed by atoms with Crippen molar-refractivity contribution >= 4 is 54.0 Å². The first-order valence-corrected chi connectivity index (χ1v) is 10.8. The highest BCUT2D eigenvalue weighted by molar-refractivity contribution is 7.89. The first kappa shape index (κ1) is 19.2. The van der Waals surface area contributed by atoms with Crippen molar-refractivity contribution in [2.24, 2.45) is 0 Å². The summed E-state index contributed by atoms with van der Waals surface area (Å²) in [7, 11) is -1.49. The second-order valence-corrected chi connectivity index (χ2v) is 9.36. The fraction of sp³-hybridized carbons (Fsp3) is 0.375. The topological polar surface area (TPSA) is 77.6 Å². The number of benzene rings is 1. The molecule has 1 aromatic heterocycles. The van der Waals surface area contributed by atoms with Crippen LogP contribution in [0.15, 0.2) is 35.7 Å². The van der Waals surface area contributed by atoms with E-state index in [0.29, 0.717) is 34.8 Å². The second-order valence-electron chi connectivity index (χ2n) is 5.98. The number of hydrogen-bond acceptors (Lipinski definition) is 6. The zero-order chi connectivity index (χ0) is 18.7. The molecule has 7 nitrogen and oxygen atoms in total. The van der Waals surface area contributed by atoms with E-state index in [1.165, 1.54) is 11.3 Å². The van der Waals surface area contributed by atoms with Gasteiger partial charge in [0.2, 0.25) is 10.0 Å². The molecule has 10 heteroatoms. The minimum absolute atomic E-state index is 0.303. The fourth-order valence-electron chi connectivity index (χ4n) is 2.60. The normalized spacial score (nSPS) is 16.5. The largest absolute Gasteiger partial charge is 0.359 e. The quantitative estimate of drug-likeness (QED) is 0.573. The zero-order valence-electron chi connectivity index (χ0n) is 14.4. The van der Waals surface area contributed by atoms with E-state index in [1.54, 1.807) is 28.6 Å². The van der Waals surface area contributed by atoms with Crippen LogP contribution < -0.4 is 10.6 Å². The van der Waals surface area contributed by atoms with Crippen molar-refractivity contribution in [1.29, 1.82) is 0 Å². The Bertz CT molecular complexity index is 917. The zero-order valence-corrected chi connectivity index (χ0v) is 16.9. The lowest BCUT2D eigenvalue weighted by Gasteiger charge is -2.31. The van der Waals surface area contributed by atoms with Crippen LogP contribution in [-0.2, 0) is 10.0 Å². The Hall–Kier alpha value is -1.59. The third-order valence-electron chi connectivity index (χ3n) is 4.09. The molecule has 0 radical (unpaired) electrons. The summed E-state index contributed by atoms with van der Waals surface area (Å²) in [5.74, 6) is 0. The Balaban J connectivity index is 1.80. The van der Waals surface area contributed by atoms with Crippen LogP contribution in [0.5, 0.6) is 0 Å². The van der Waals surface area contributed by atoms with E-state index in [2.05, 4.69) is 27.1 Å². The molecule has 2 heterocycles. The molecule has 1 aliphatic rings. The van der Waals surface area contributed by atoms with Gasteiger partial charge in [-0.1, -0.05) is 17.4 Å². The maximum Gasteiger partial charge on any atom is 0.243 e. The number of nitrogens with zero attached hydrogens (tertiary/aromatic N) is 3. The van der Waals surface area contributed by atoms with Crippen molar-refractivity contribution in [2.45, 2.75) is 4.90 Å². The number of nitrogens with one attached hydrogen (secondary N) is 2. The van der Waals surface area contributed by atoms with Gasteiger partial charge < -0.3 is 15.5 Å². The van der Waals surface area contributed by atoms with Crippen LogP contribution in [0.2, 0.25) is 0 Å². The lowest BCUT2D eigenvalue weighted by atomic mass is 10.3. The number of likely N-dealkylation sites (N-methyl/N-ethyl adjacent to an activating group) is 1. The Morgan fingerprint density at radius 2 is 2.12 bits per heavy atom. The van der Waals surface area contributed by atoms with Crippen molar-refractivity contribution in [2.75, 3.05) is 45.1 Å². The van der Waals surface area contributed by atoms with Crippen LogP contribution >= 0.6 is 23.6 Å². The van der Waals surface area contributed by atoms with Gasteiger partial charge in [0.25, 0.3) is 0 Å². The Kier molecular flexibility index (Phi) is 5.88. The predicted molar refractivity (Wildman–Crippen MR) is 110 cm³/mol. The predicted octanol–water partition coefficient (Wildman–Crippen LogP) is 1.70. The highest BCUT2D eigenvalue weighted by Crippen LogP contribution is 2.29. The lowest BCUT2D eigenvalue weighted by Crippen LogP contribution is -2.46. The first-order chi connectivity index (χ1) is 12.4. The van der Waals surface area contributed by atoms with Gasteiger partial charge in [0.15, 0.2) is 10.2 Å². The maximum atomic E-state index is 12.9. The van der Waals surface area contributed by atoms with E-state index in [-0.39, 0.29) is 0 Å². The number of thiocarbonyl (C=S) groups is 1. The summed E-state index contributed by atoms with van der Waals surface area (Å²) >= 11 is 6.55. The van der Waals surface area contributed by atoms with Crippen LogP contribution in [0, 0.1) is 0 Å². The third kappa shape index (κ3) is 4.21. The molecule has 1 aliphatic heterocycles. The van der Waals surface area contributed by atoms with Gasteiger partial charge in [-0.15, -0.1) is 6.58 Å². The van der Waals surface area contributed by atoms with E-state index >= 15 is 0 Å². The number of hydrogen-bond donors (Lipinski definition) is 2. The molecule has 0 aliphatic carbocycles. The molecule has 1 fully saturated rings. The Morgan fingerprint density at radius 3 is 2.81 bits per heavy atom. The highest BCUT2D eigenvalue weighted by Gasteiger charge is 2.27. The lowest BCUT2D eigenvalue weighted by molar-refractivity contribution is 0.222. The number of fused-ring (bicyclic) bond motifs is 1. The van der Waals surface area contributed by atoms with Gasteiger partial charge in [-0.05, 0) is 37.5 Å². The smallest absolute Gasteiger partial charge is 0.243 e. The van der Waals surface area contributed by atoms with E-state index in [1.807, 2.05) is 7.05 Å². The fourth-order valence-corrected chi connectivity index (χ4v) is 5.28. The average molecular weight is 412 g/mol. The Labute approximate surface area is 162 Å². The molecule has 2 N–H and O–H groups in total. The van der Waals surface area contributed by atoms with Gasteiger partial charge in [-0.3, -0.25) is 0 Å². The minimum atomic E-state index is -3.49. The summed E-state index contributed by atoms with van der Waals surface area (Å²) in [6.07, 6.45) is 1.71. The number of rotatable bonds is 5. The van der Waals surface area contributed by atoms with Crippen molar-refractivity contribution < 1.29 is 8.42 Å². The van der Waals surface area contributed by atoms with Crippen LogP contribution in [0.4, 0.5) is 5.13 Å². The van der Waals surface area contributed by atoms with E-state index in [0.717, 1.165) is 23.3 Å². The number of piperazine rings is 1. The number of thiazole rings is 1. The highest BCUT2D eigenvalue weighted by atomic mass is 32.2. The van der Waals surface area contributed by atoms with Gasteiger partial charge in [0, 0.05) is 32.7 Å². The molecular weight excluding hydrogens is 390 g/mol. The van der Waals surface area contributed by atoms with Gasteiger partial charge in [-0.25, -0.2) is 13.4 Å². The van der Waals surface area contributed by atoms with Gasteiger partial charge >= 0.3 is 0 Å². The summed E-state index contributed by atoms with van der Waals surface area (Å²) in [4.78, 5) is 6.87. The molecule has 2 aromatic rings. The number of anilines is 1. The van der Waals surface area contributed by atoms with Crippen molar-refractivity contribution in [3.8, 4) is 0 Å². The van der Waals surface area contributed by atoms with Crippen LogP contribution in [0.3, 0.4) is 0 Å². The summed E-state index contributed by atoms with van der Waals surface area (Å²) in [5, 5.41) is 7.05. The minimum Gasteiger partial charge on any atom is -0.359 e. The van der Waals surface area contributed by atoms with E-state index < -0.39 is 10.0 Å². The van der Waals surface area contributed by atoms with Gasteiger partial charge in [-0.2, -0.15) is 4.31 Å². The van der Waals surface area contributed by atoms with Gasteiger partial charge in [0.05, 0.1) is 15.1 Å². The van der Waals surface area contributed by atoms with Crippen LogP contribution in [0.1, 0.15) is 0 Å². The molecule has 3 rings (SSSR count). The maximum absolute atomic E-state index is 12.9. The molecule has 1 saturated heterocycles. The van der Waals surface area contributed by atoms with E-state index in [9.17, 15) is 8.42 Å². The van der Waals surface area contributed by atoms with Gasteiger partial charge in [0.1, 0.15) is 0 Å². The first-order valence-electron chi connectivity index (χ1n) is 8.15. The van der Waals surface area contributed by atoms with Crippen molar-refractivity contribution in [3.05, 3.63) is 30.9 Å². The molecule has 0 unspecified atom stereocenters. The van der Waals surface area contributed by atoms with E-state index in [4.69, 9.17) is 12.2 Å². The molecule has 0 atom stereocenters. The summed E-state index contributed by atoms with van der Waals surface area (Å²) < 4.78 is 28.1. The molecule has 1 aromatic carbocycles. The second kappa shape index (κ2) is 7.97. The number of sulfonamides is 1. The molecular formula is C16H21N5O2S3. The summed E-state index contributed by atoms with van der Waals surface area (Å²) in [6, 6.07) is 5.04. The van der Waals surface area contributed by atoms with Crippen LogP contribution in [-0.4, -0.2) is 67.5 Å². The average Bonchev–Trinajstić information content (AvgIpc) is 3.01. The van der Waals surface area contributed by atoms with Crippen molar-refractivity contribution in [3.63, 3.8) is 0 Å².